The largest absolute Gasteiger partial charge is 0.478 e. The van der Waals surface area contributed by atoms with Crippen molar-refractivity contribution >= 4 is 11.9 Å². The predicted octanol–water partition coefficient (Wildman–Crippen LogP) is 7.66. The van der Waals surface area contributed by atoms with E-state index in [1.54, 1.807) is 12.1 Å². The van der Waals surface area contributed by atoms with Gasteiger partial charge >= 0.3 is 11.9 Å². The van der Waals surface area contributed by atoms with E-state index in [0.717, 1.165) is 38.5 Å². The molecule has 0 radical (unpaired) electrons. The highest BCUT2D eigenvalue weighted by atomic mass is 16.5. The summed E-state index contributed by atoms with van der Waals surface area (Å²) in [6, 6.07) is 6.30. The van der Waals surface area contributed by atoms with Crippen LogP contribution in [0.3, 0.4) is 0 Å². The van der Waals surface area contributed by atoms with E-state index in [2.05, 4.69) is 20.8 Å². The molecule has 0 saturated heterocycles. The first-order chi connectivity index (χ1) is 14.5. The number of carbonyl (C=O) groups is 2. The molecule has 1 N–H and O–H groups in total. The van der Waals surface area contributed by atoms with Crippen LogP contribution in [0.4, 0.5) is 0 Å². The van der Waals surface area contributed by atoms with Crippen molar-refractivity contribution in [2.45, 2.75) is 110 Å². The van der Waals surface area contributed by atoms with E-state index < -0.39 is 11.9 Å². The lowest BCUT2D eigenvalue weighted by molar-refractivity contribution is 0.0243. The Morgan fingerprint density at radius 1 is 0.800 bits per heavy atom. The molecule has 30 heavy (non-hydrogen) atoms. The van der Waals surface area contributed by atoms with Gasteiger partial charge in [-0.05, 0) is 43.7 Å². The fourth-order valence-electron chi connectivity index (χ4n) is 3.76. The Morgan fingerprint density at radius 3 is 1.87 bits per heavy atom. The number of ether oxygens (including phenoxy) is 1. The lowest BCUT2D eigenvalue weighted by atomic mass is 10.00. The number of esters is 1. The number of hydrogen-bond donors (Lipinski definition) is 1. The molecular formula is C26H42O4. The SMILES string of the molecule is CCCCCCCCCCC(CCCCC(C)C)OC(=O)c1ccccc1C(=O)O. The second-order valence-electron chi connectivity index (χ2n) is 8.82. The molecular weight excluding hydrogens is 376 g/mol. The average molecular weight is 419 g/mol. The van der Waals surface area contributed by atoms with Gasteiger partial charge < -0.3 is 9.84 Å². The van der Waals surface area contributed by atoms with E-state index in [1.165, 1.54) is 57.1 Å². The van der Waals surface area contributed by atoms with Gasteiger partial charge in [0.1, 0.15) is 6.10 Å². The Hall–Kier alpha value is -1.84. The maximum absolute atomic E-state index is 12.7. The molecule has 0 saturated carbocycles. The van der Waals surface area contributed by atoms with Crippen molar-refractivity contribution in [1.29, 1.82) is 0 Å². The minimum Gasteiger partial charge on any atom is -0.478 e. The zero-order valence-corrected chi connectivity index (χ0v) is 19.3. The normalized spacial score (nSPS) is 12.1. The van der Waals surface area contributed by atoms with Gasteiger partial charge in [-0.2, -0.15) is 0 Å². The maximum Gasteiger partial charge on any atom is 0.339 e. The summed E-state index contributed by atoms with van der Waals surface area (Å²) in [7, 11) is 0. The molecule has 0 fully saturated rings. The summed E-state index contributed by atoms with van der Waals surface area (Å²) in [6.45, 7) is 6.68. The third-order valence-corrected chi connectivity index (χ3v) is 5.59. The van der Waals surface area contributed by atoms with Crippen LogP contribution >= 0.6 is 0 Å². The van der Waals surface area contributed by atoms with Gasteiger partial charge in [-0.15, -0.1) is 0 Å². The number of hydrogen-bond acceptors (Lipinski definition) is 3. The van der Waals surface area contributed by atoms with E-state index >= 15 is 0 Å². The van der Waals surface area contributed by atoms with Gasteiger partial charge in [-0.1, -0.05) is 90.7 Å². The number of aromatic carboxylic acids is 1. The van der Waals surface area contributed by atoms with Crippen molar-refractivity contribution in [2.24, 2.45) is 5.92 Å². The lowest BCUT2D eigenvalue weighted by Gasteiger charge is -2.19. The minimum absolute atomic E-state index is 0.00753. The fourth-order valence-corrected chi connectivity index (χ4v) is 3.76. The number of carboxylic acid groups (broad SMARTS) is 1. The first-order valence-electron chi connectivity index (χ1n) is 12.0. The zero-order chi connectivity index (χ0) is 22.2. The molecule has 0 amide bonds. The topological polar surface area (TPSA) is 63.6 Å². The van der Waals surface area contributed by atoms with Gasteiger partial charge in [0.25, 0.3) is 0 Å². The molecule has 0 aliphatic heterocycles. The number of carbonyl (C=O) groups excluding carboxylic acids is 1. The van der Waals surface area contributed by atoms with Crippen LogP contribution in [0, 0.1) is 5.92 Å². The van der Waals surface area contributed by atoms with Crippen molar-refractivity contribution in [2.75, 3.05) is 0 Å². The van der Waals surface area contributed by atoms with E-state index in [0.29, 0.717) is 5.92 Å². The zero-order valence-electron chi connectivity index (χ0n) is 19.3. The van der Waals surface area contributed by atoms with Crippen LogP contribution in [0.1, 0.15) is 125 Å². The Morgan fingerprint density at radius 2 is 1.30 bits per heavy atom. The van der Waals surface area contributed by atoms with Gasteiger partial charge in [-0.25, -0.2) is 9.59 Å². The van der Waals surface area contributed by atoms with E-state index in [9.17, 15) is 14.7 Å². The Labute approximate surface area is 183 Å². The Balaban J connectivity index is 2.54. The number of benzene rings is 1. The van der Waals surface area contributed by atoms with Crippen molar-refractivity contribution < 1.29 is 19.4 Å². The molecule has 0 aliphatic carbocycles. The first kappa shape index (κ1) is 26.2. The number of unbranched alkanes of at least 4 members (excludes halogenated alkanes) is 8. The monoisotopic (exact) mass is 418 g/mol. The van der Waals surface area contributed by atoms with Crippen molar-refractivity contribution in [3.05, 3.63) is 35.4 Å². The predicted molar refractivity (Wildman–Crippen MR) is 123 cm³/mol. The molecule has 0 aliphatic rings. The molecule has 1 rings (SSSR count). The molecule has 1 atom stereocenters. The smallest absolute Gasteiger partial charge is 0.339 e. The highest BCUT2D eigenvalue weighted by Gasteiger charge is 2.21. The molecule has 1 aromatic carbocycles. The summed E-state index contributed by atoms with van der Waals surface area (Å²) in [4.78, 5) is 24.1. The molecule has 0 bridgehead atoms. The van der Waals surface area contributed by atoms with Gasteiger partial charge in [0.05, 0.1) is 11.1 Å². The molecule has 0 aromatic heterocycles. The van der Waals surface area contributed by atoms with Gasteiger partial charge in [-0.3, -0.25) is 0 Å². The number of rotatable bonds is 17. The molecule has 1 unspecified atom stereocenters. The minimum atomic E-state index is -1.10. The molecule has 1 aromatic rings. The molecule has 4 nitrogen and oxygen atoms in total. The Kier molecular flexibility index (Phi) is 13.9. The van der Waals surface area contributed by atoms with Gasteiger partial charge in [0.2, 0.25) is 0 Å². The van der Waals surface area contributed by atoms with Gasteiger partial charge in [0.15, 0.2) is 0 Å². The summed E-state index contributed by atoms with van der Waals surface area (Å²) in [5.41, 5.74) is 0.154. The second kappa shape index (κ2) is 15.9. The van der Waals surface area contributed by atoms with E-state index in [1.807, 2.05) is 0 Å². The van der Waals surface area contributed by atoms with Crippen LogP contribution in [-0.2, 0) is 4.74 Å². The quantitative estimate of drug-likeness (QED) is 0.208. The highest BCUT2D eigenvalue weighted by Crippen LogP contribution is 2.20. The van der Waals surface area contributed by atoms with Crippen LogP contribution in [0.5, 0.6) is 0 Å². The summed E-state index contributed by atoms with van der Waals surface area (Å²) in [5, 5.41) is 9.34. The van der Waals surface area contributed by atoms with Crippen LogP contribution in [0.15, 0.2) is 24.3 Å². The fraction of sp³-hybridized carbons (Fsp3) is 0.692. The Bertz CT molecular complexity index is 609. The maximum atomic E-state index is 12.7. The average Bonchev–Trinajstić information content (AvgIpc) is 2.72. The van der Waals surface area contributed by atoms with Crippen molar-refractivity contribution in [3.8, 4) is 0 Å². The van der Waals surface area contributed by atoms with Crippen molar-refractivity contribution in [1.82, 2.24) is 0 Å². The van der Waals surface area contributed by atoms with Crippen LogP contribution < -0.4 is 0 Å². The molecule has 0 spiro atoms. The van der Waals surface area contributed by atoms with Crippen LogP contribution in [-0.4, -0.2) is 23.1 Å². The van der Waals surface area contributed by atoms with Crippen molar-refractivity contribution in [3.63, 3.8) is 0 Å². The van der Waals surface area contributed by atoms with Crippen LogP contribution in [0.25, 0.3) is 0 Å². The third kappa shape index (κ3) is 11.4. The lowest BCUT2D eigenvalue weighted by Crippen LogP contribution is -2.20. The summed E-state index contributed by atoms with van der Waals surface area (Å²) < 4.78 is 5.79. The number of carboxylic acids is 1. The molecule has 170 valence electrons. The second-order valence-corrected chi connectivity index (χ2v) is 8.82. The summed E-state index contributed by atoms with van der Waals surface area (Å²) >= 11 is 0. The molecule has 4 heteroatoms. The van der Waals surface area contributed by atoms with Crippen LogP contribution in [0.2, 0.25) is 0 Å². The highest BCUT2D eigenvalue weighted by molar-refractivity contribution is 6.02. The first-order valence-corrected chi connectivity index (χ1v) is 12.0. The van der Waals surface area contributed by atoms with E-state index in [-0.39, 0.29) is 17.2 Å². The molecule has 0 heterocycles. The summed E-state index contributed by atoms with van der Waals surface area (Å²) in [6.07, 6.45) is 14.9. The summed E-state index contributed by atoms with van der Waals surface area (Å²) in [5.74, 6) is -0.929. The van der Waals surface area contributed by atoms with Gasteiger partial charge in [0, 0.05) is 0 Å². The standard InChI is InChI=1S/C26H42O4/c1-4-5-6-7-8-9-10-11-17-22(18-13-12-16-21(2)3)30-26(29)24-20-15-14-19-23(24)25(27)28/h14-15,19-22H,4-13,16-18H2,1-3H3,(H,27,28). The third-order valence-electron chi connectivity index (χ3n) is 5.59. The van der Waals surface area contributed by atoms with E-state index in [4.69, 9.17) is 4.74 Å².